The van der Waals surface area contributed by atoms with Crippen LogP contribution in [0.25, 0.3) is 0 Å². The van der Waals surface area contributed by atoms with Gasteiger partial charge in [0.1, 0.15) is 11.8 Å². The highest BCUT2D eigenvalue weighted by molar-refractivity contribution is 7.92. The van der Waals surface area contributed by atoms with E-state index < -0.39 is 16.1 Å². The molecule has 0 spiro atoms. The minimum atomic E-state index is -3.65. The van der Waals surface area contributed by atoms with Crippen molar-refractivity contribution in [1.29, 1.82) is 0 Å². The highest BCUT2D eigenvalue weighted by Crippen LogP contribution is 2.30. The topological polar surface area (TPSA) is 96.0 Å². The highest BCUT2D eigenvalue weighted by Gasteiger charge is 2.31. The molecule has 232 valence electrons. The standard InChI is InChI=1S/C34H45N3O5S/c1-6-42-32-19-11-10-18-30(32)37(43(5,40)41)21-13-20-33(38)36(25-29-17-12-14-27(4)22-29)31(34(39)35-24-26(2)3)23-28-15-8-7-9-16-28/h7-12,14-19,22,26,31H,6,13,20-21,23-25H2,1-5H3,(H,35,39)/t31-/m0/s1. The number of hydrogen-bond donors (Lipinski definition) is 1. The molecule has 0 fully saturated rings. The van der Waals surface area contributed by atoms with E-state index in [0.717, 1.165) is 22.9 Å². The number of nitrogens with zero attached hydrogens (tertiary/aromatic N) is 2. The summed E-state index contributed by atoms with van der Waals surface area (Å²) >= 11 is 0. The summed E-state index contributed by atoms with van der Waals surface area (Å²) in [7, 11) is -3.65. The molecule has 0 aliphatic rings. The van der Waals surface area contributed by atoms with Crippen LogP contribution in [0.2, 0.25) is 0 Å². The van der Waals surface area contributed by atoms with E-state index in [2.05, 4.69) is 5.32 Å². The van der Waals surface area contributed by atoms with Gasteiger partial charge in [0.15, 0.2) is 0 Å². The van der Waals surface area contributed by atoms with Gasteiger partial charge in [0.2, 0.25) is 21.8 Å². The molecule has 0 aliphatic carbocycles. The Labute approximate surface area is 257 Å². The highest BCUT2D eigenvalue weighted by atomic mass is 32.2. The van der Waals surface area contributed by atoms with Crippen molar-refractivity contribution in [3.05, 3.63) is 95.6 Å². The van der Waals surface area contributed by atoms with E-state index in [1.807, 2.05) is 82.3 Å². The van der Waals surface area contributed by atoms with Gasteiger partial charge >= 0.3 is 0 Å². The zero-order valence-corrected chi connectivity index (χ0v) is 26.8. The Morgan fingerprint density at radius 3 is 2.26 bits per heavy atom. The summed E-state index contributed by atoms with van der Waals surface area (Å²) in [6.45, 7) is 9.13. The maximum atomic E-state index is 14.0. The molecule has 3 aromatic carbocycles. The van der Waals surface area contributed by atoms with E-state index in [0.29, 0.717) is 31.0 Å². The summed E-state index contributed by atoms with van der Waals surface area (Å²) in [5, 5.41) is 3.03. The third-order valence-electron chi connectivity index (χ3n) is 6.98. The van der Waals surface area contributed by atoms with Crippen molar-refractivity contribution < 1.29 is 22.7 Å². The molecule has 0 saturated carbocycles. The van der Waals surface area contributed by atoms with Gasteiger partial charge in [-0.1, -0.05) is 86.1 Å². The average Bonchev–Trinajstić information content (AvgIpc) is 2.96. The van der Waals surface area contributed by atoms with Crippen molar-refractivity contribution in [1.82, 2.24) is 10.2 Å². The number of hydrogen-bond acceptors (Lipinski definition) is 5. The van der Waals surface area contributed by atoms with Gasteiger partial charge in [-0.2, -0.15) is 0 Å². The van der Waals surface area contributed by atoms with E-state index in [9.17, 15) is 18.0 Å². The molecular formula is C34H45N3O5S. The second-order valence-corrected chi connectivity index (χ2v) is 13.1. The minimum Gasteiger partial charge on any atom is -0.492 e. The maximum Gasteiger partial charge on any atom is 0.243 e. The molecule has 0 bridgehead atoms. The number of ether oxygens (including phenoxy) is 1. The number of nitrogens with one attached hydrogen (secondary N) is 1. The number of anilines is 1. The van der Waals surface area contributed by atoms with Gasteiger partial charge in [0, 0.05) is 32.5 Å². The van der Waals surface area contributed by atoms with Gasteiger partial charge in [-0.05, 0) is 49.4 Å². The molecular weight excluding hydrogens is 562 g/mol. The van der Waals surface area contributed by atoms with Crippen LogP contribution in [0.4, 0.5) is 5.69 Å². The van der Waals surface area contributed by atoms with Crippen LogP contribution in [0.5, 0.6) is 5.75 Å². The summed E-state index contributed by atoms with van der Waals surface area (Å²) in [6, 6.07) is 23.8. The maximum absolute atomic E-state index is 14.0. The Morgan fingerprint density at radius 2 is 1.60 bits per heavy atom. The Hall–Kier alpha value is -3.85. The summed E-state index contributed by atoms with van der Waals surface area (Å²) in [5.41, 5.74) is 3.37. The molecule has 9 heteroatoms. The van der Waals surface area contributed by atoms with Crippen LogP contribution in [-0.2, 0) is 32.6 Å². The molecule has 0 saturated heterocycles. The van der Waals surface area contributed by atoms with Crippen molar-refractivity contribution in [2.75, 3.05) is 30.3 Å². The van der Waals surface area contributed by atoms with Crippen molar-refractivity contribution >= 4 is 27.5 Å². The largest absolute Gasteiger partial charge is 0.492 e. The van der Waals surface area contributed by atoms with Gasteiger partial charge in [0.05, 0.1) is 18.6 Å². The van der Waals surface area contributed by atoms with Gasteiger partial charge < -0.3 is 15.0 Å². The first-order chi connectivity index (χ1) is 20.5. The monoisotopic (exact) mass is 607 g/mol. The normalized spacial score (nSPS) is 12.0. The third kappa shape index (κ3) is 10.4. The SMILES string of the molecule is CCOc1ccccc1N(CCCC(=O)N(Cc1cccc(C)c1)[C@@H](Cc1ccccc1)C(=O)NCC(C)C)S(C)(=O)=O. The molecule has 0 aliphatic heterocycles. The number of benzene rings is 3. The fraction of sp³-hybridized carbons (Fsp3) is 0.412. The van der Waals surface area contributed by atoms with Gasteiger partial charge in [-0.25, -0.2) is 8.42 Å². The minimum absolute atomic E-state index is 0.0669. The quantitative estimate of drug-likeness (QED) is 0.237. The second kappa shape index (κ2) is 16.1. The van der Waals surface area contributed by atoms with Crippen molar-refractivity contribution in [3.63, 3.8) is 0 Å². The lowest BCUT2D eigenvalue weighted by Gasteiger charge is -2.32. The number of rotatable bonds is 16. The predicted octanol–water partition coefficient (Wildman–Crippen LogP) is 5.35. The molecule has 0 unspecified atom stereocenters. The van der Waals surface area contributed by atoms with Crippen molar-refractivity contribution in [2.45, 2.75) is 59.5 Å². The van der Waals surface area contributed by atoms with E-state index in [-0.39, 0.29) is 43.7 Å². The molecule has 43 heavy (non-hydrogen) atoms. The van der Waals surface area contributed by atoms with Gasteiger partial charge in [-0.3, -0.25) is 13.9 Å². The number of amides is 2. The molecule has 3 rings (SSSR count). The number of carbonyl (C=O) groups excluding carboxylic acids is 2. The fourth-order valence-electron chi connectivity index (χ4n) is 4.91. The van der Waals surface area contributed by atoms with Crippen molar-refractivity contribution in [3.8, 4) is 5.75 Å². The van der Waals surface area contributed by atoms with Crippen LogP contribution >= 0.6 is 0 Å². The second-order valence-electron chi connectivity index (χ2n) is 11.2. The van der Waals surface area contributed by atoms with Crippen LogP contribution < -0.4 is 14.4 Å². The lowest BCUT2D eigenvalue weighted by molar-refractivity contribution is -0.141. The van der Waals surface area contributed by atoms with E-state index >= 15 is 0 Å². The van der Waals surface area contributed by atoms with Crippen LogP contribution in [0, 0.1) is 12.8 Å². The molecule has 8 nitrogen and oxygen atoms in total. The van der Waals surface area contributed by atoms with Crippen LogP contribution in [-0.4, -0.2) is 57.1 Å². The van der Waals surface area contributed by atoms with E-state index in [4.69, 9.17) is 4.74 Å². The molecule has 0 heterocycles. The molecule has 0 radical (unpaired) electrons. The molecule has 1 N–H and O–H groups in total. The Bertz CT molecular complexity index is 1440. The van der Waals surface area contributed by atoms with E-state index in [1.165, 1.54) is 4.31 Å². The summed E-state index contributed by atoms with van der Waals surface area (Å²) in [5.74, 6) is 0.298. The zero-order valence-electron chi connectivity index (χ0n) is 26.0. The molecule has 3 aromatic rings. The van der Waals surface area contributed by atoms with Gasteiger partial charge in [0.25, 0.3) is 0 Å². The Morgan fingerprint density at radius 1 is 0.930 bits per heavy atom. The number of carbonyl (C=O) groups is 2. The lowest BCUT2D eigenvalue weighted by Crippen LogP contribution is -2.51. The smallest absolute Gasteiger partial charge is 0.243 e. The fourth-order valence-corrected chi connectivity index (χ4v) is 5.88. The summed E-state index contributed by atoms with van der Waals surface area (Å²) < 4.78 is 32.6. The lowest BCUT2D eigenvalue weighted by atomic mass is 10.0. The number of aryl methyl sites for hydroxylation is 1. The van der Waals surface area contributed by atoms with Gasteiger partial charge in [-0.15, -0.1) is 0 Å². The summed E-state index contributed by atoms with van der Waals surface area (Å²) in [4.78, 5) is 29.3. The zero-order chi connectivity index (χ0) is 31.4. The van der Waals surface area contributed by atoms with Crippen molar-refractivity contribution in [2.24, 2.45) is 5.92 Å². The molecule has 0 aromatic heterocycles. The first-order valence-electron chi connectivity index (χ1n) is 14.9. The molecule has 1 atom stereocenters. The van der Waals surface area contributed by atoms with Crippen LogP contribution in [0.15, 0.2) is 78.9 Å². The Kier molecular flexibility index (Phi) is 12.6. The Balaban J connectivity index is 1.90. The first-order valence-corrected chi connectivity index (χ1v) is 16.7. The average molecular weight is 608 g/mol. The van der Waals surface area contributed by atoms with E-state index in [1.54, 1.807) is 29.2 Å². The third-order valence-corrected chi connectivity index (χ3v) is 8.16. The van der Waals surface area contributed by atoms with Crippen LogP contribution in [0.3, 0.4) is 0 Å². The molecule has 2 amide bonds. The number of para-hydroxylation sites is 2. The summed E-state index contributed by atoms with van der Waals surface area (Å²) in [6.07, 6.45) is 1.84. The van der Waals surface area contributed by atoms with Crippen LogP contribution in [0.1, 0.15) is 50.3 Å². The first kappa shape index (κ1) is 33.6. The number of sulfonamides is 1. The predicted molar refractivity (Wildman–Crippen MR) is 173 cm³/mol.